The van der Waals surface area contributed by atoms with Crippen molar-refractivity contribution in [1.82, 2.24) is 19.4 Å². The van der Waals surface area contributed by atoms with Crippen LogP contribution in [0.5, 0.6) is 5.75 Å². The van der Waals surface area contributed by atoms with E-state index in [0.29, 0.717) is 17.9 Å². The largest absolute Gasteiger partial charge is 0.444 e. The summed E-state index contributed by atoms with van der Waals surface area (Å²) in [5.74, 6) is 0.345. The Balaban J connectivity index is 1.39. The van der Waals surface area contributed by atoms with Crippen LogP contribution in [0.15, 0.2) is 48.9 Å². The molecule has 1 aliphatic carbocycles. The molecule has 0 aliphatic heterocycles. The summed E-state index contributed by atoms with van der Waals surface area (Å²) in [4.78, 5) is 25.0. The topological polar surface area (TPSA) is 90.6 Å². The fraction of sp³-hybridized carbons (Fsp3) is 0.308. The van der Waals surface area contributed by atoms with Crippen LogP contribution in [0.1, 0.15) is 35.4 Å². The lowest BCUT2D eigenvalue weighted by atomic mass is 10.1. The van der Waals surface area contributed by atoms with Gasteiger partial charge < -0.3 is 19.2 Å². The zero-order valence-corrected chi connectivity index (χ0v) is 19.9. The smallest absolute Gasteiger partial charge is 0.387 e. The SMILES string of the molecule is Cc1cc2nc(C)c(Cc3ccccc3OC(F)F)n2cc1-c1cnc(NCOC(=O)C2CC2)nc1. The molecular weight excluding hydrogens is 468 g/mol. The number of para-hydroxylation sites is 1. The van der Waals surface area contributed by atoms with Crippen molar-refractivity contribution in [3.8, 4) is 16.9 Å². The van der Waals surface area contributed by atoms with E-state index < -0.39 is 6.61 Å². The third-order valence-corrected chi connectivity index (χ3v) is 6.13. The van der Waals surface area contributed by atoms with E-state index in [-0.39, 0.29) is 24.4 Å². The number of imidazole rings is 1. The van der Waals surface area contributed by atoms with E-state index in [1.165, 1.54) is 6.07 Å². The number of alkyl halides is 2. The number of hydrogen-bond acceptors (Lipinski definition) is 7. The van der Waals surface area contributed by atoms with Gasteiger partial charge in [0.05, 0.1) is 11.6 Å². The Morgan fingerprint density at radius 2 is 1.94 bits per heavy atom. The number of rotatable bonds is 9. The fourth-order valence-corrected chi connectivity index (χ4v) is 4.07. The summed E-state index contributed by atoms with van der Waals surface area (Å²) in [6, 6.07) is 8.74. The van der Waals surface area contributed by atoms with Crippen LogP contribution in [0.2, 0.25) is 0 Å². The average Bonchev–Trinajstić information content (AvgIpc) is 3.66. The third-order valence-electron chi connectivity index (χ3n) is 6.13. The van der Waals surface area contributed by atoms with Crippen molar-refractivity contribution >= 4 is 17.6 Å². The highest BCUT2D eigenvalue weighted by Crippen LogP contribution is 2.30. The van der Waals surface area contributed by atoms with Crippen molar-refractivity contribution in [3.63, 3.8) is 0 Å². The fourth-order valence-electron chi connectivity index (χ4n) is 4.07. The maximum atomic E-state index is 12.9. The van der Waals surface area contributed by atoms with Crippen molar-refractivity contribution < 1.29 is 23.0 Å². The normalized spacial score (nSPS) is 13.2. The van der Waals surface area contributed by atoms with Gasteiger partial charge in [-0.25, -0.2) is 15.0 Å². The number of fused-ring (bicyclic) bond motifs is 1. The number of benzene rings is 1. The minimum atomic E-state index is -2.90. The van der Waals surface area contributed by atoms with Crippen LogP contribution in [0, 0.1) is 19.8 Å². The second-order valence-corrected chi connectivity index (χ2v) is 8.76. The summed E-state index contributed by atoms with van der Waals surface area (Å²) in [6.45, 7) is 1.00. The number of anilines is 1. The van der Waals surface area contributed by atoms with Gasteiger partial charge in [0.25, 0.3) is 0 Å². The molecule has 0 radical (unpaired) electrons. The number of ether oxygens (including phenoxy) is 2. The van der Waals surface area contributed by atoms with Crippen molar-refractivity contribution in [3.05, 3.63) is 71.4 Å². The van der Waals surface area contributed by atoms with Crippen LogP contribution in [0.4, 0.5) is 14.7 Å². The highest BCUT2D eigenvalue weighted by Gasteiger charge is 2.31. The Labute approximate surface area is 206 Å². The lowest BCUT2D eigenvalue weighted by molar-refractivity contribution is -0.144. The minimum absolute atomic E-state index is 0.0219. The van der Waals surface area contributed by atoms with Gasteiger partial charge in [0.2, 0.25) is 5.95 Å². The lowest BCUT2D eigenvalue weighted by Gasteiger charge is -2.12. The number of nitrogens with one attached hydrogen (secondary N) is 1. The van der Waals surface area contributed by atoms with Gasteiger partial charge in [0.15, 0.2) is 6.73 Å². The average molecular weight is 494 g/mol. The monoisotopic (exact) mass is 493 g/mol. The molecule has 1 aromatic carbocycles. The van der Waals surface area contributed by atoms with Crippen molar-refractivity contribution in [2.75, 3.05) is 12.0 Å². The van der Waals surface area contributed by atoms with Gasteiger partial charge in [-0.1, -0.05) is 18.2 Å². The molecular formula is C26H25F2N5O3. The molecule has 10 heteroatoms. The molecule has 5 rings (SSSR count). The summed E-state index contributed by atoms with van der Waals surface area (Å²) in [7, 11) is 0. The first-order chi connectivity index (χ1) is 17.4. The maximum absolute atomic E-state index is 12.9. The number of hydrogen-bond donors (Lipinski definition) is 1. The van der Waals surface area contributed by atoms with E-state index in [1.54, 1.807) is 30.6 Å². The van der Waals surface area contributed by atoms with E-state index in [4.69, 9.17) is 9.47 Å². The second-order valence-electron chi connectivity index (χ2n) is 8.76. The van der Waals surface area contributed by atoms with Crippen LogP contribution in [-0.4, -0.2) is 38.7 Å². The molecule has 0 bridgehead atoms. The molecule has 3 heterocycles. The summed E-state index contributed by atoms with van der Waals surface area (Å²) >= 11 is 0. The molecule has 1 fully saturated rings. The van der Waals surface area contributed by atoms with E-state index in [9.17, 15) is 13.6 Å². The molecule has 1 saturated carbocycles. The summed E-state index contributed by atoms with van der Waals surface area (Å²) in [6.07, 6.45) is 7.50. The summed E-state index contributed by atoms with van der Waals surface area (Å²) < 4.78 is 37.6. The summed E-state index contributed by atoms with van der Waals surface area (Å²) in [5.41, 5.74) is 5.77. The number of carbonyl (C=O) groups is 1. The van der Waals surface area contributed by atoms with E-state index in [2.05, 4.69) is 20.3 Å². The van der Waals surface area contributed by atoms with Gasteiger partial charge in [0, 0.05) is 47.4 Å². The number of nitrogens with zero attached hydrogens (tertiary/aromatic N) is 4. The number of halogens is 2. The molecule has 0 amide bonds. The van der Waals surface area contributed by atoms with Crippen LogP contribution in [0.3, 0.4) is 0 Å². The van der Waals surface area contributed by atoms with Crippen LogP contribution >= 0.6 is 0 Å². The summed E-state index contributed by atoms with van der Waals surface area (Å²) in [5, 5.41) is 2.89. The lowest BCUT2D eigenvalue weighted by Crippen LogP contribution is -2.14. The quantitative estimate of drug-likeness (QED) is 0.261. The predicted molar refractivity (Wildman–Crippen MR) is 129 cm³/mol. The van der Waals surface area contributed by atoms with E-state index >= 15 is 0 Å². The maximum Gasteiger partial charge on any atom is 0.387 e. The molecule has 4 aromatic rings. The van der Waals surface area contributed by atoms with Crippen molar-refractivity contribution in [2.45, 2.75) is 39.7 Å². The van der Waals surface area contributed by atoms with E-state index in [1.807, 2.05) is 30.5 Å². The number of aryl methyl sites for hydroxylation is 2. The van der Waals surface area contributed by atoms with Crippen LogP contribution in [-0.2, 0) is 16.0 Å². The number of carbonyl (C=O) groups excluding carboxylic acids is 1. The molecule has 3 aromatic heterocycles. The highest BCUT2D eigenvalue weighted by molar-refractivity contribution is 5.75. The first-order valence-electron chi connectivity index (χ1n) is 11.6. The molecule has 1 aliphatic rings. The molecule has 0 spiro atoms. The predicted octanol–water partition coefficient (Wildman–Crippen LogP) is 4.92. The van der Waals surface area contributed by atoms with Gasteiger partial charge in [-0.3, -0.25) is 4.79 Å². The molecule has 0 atom stereocenters. The number of esters is 1. The Hall–Kier alpha value is -4.08. The van der Waals surface area contributed by atoms with Gasteiger partial charge in [0.1, 0.15) is 11.4 Å². The Bertz CT molecular complexity index is 1400. The van der Waals surface area contributed by atoms with Gasteiger partial charge >= 0.3 is 12.6 Å². The molecule has 36 heavy (non-hydrogen) atoms. The van der Waals surface area contributed by atoms with Gasteiger partial charge in [-0.2, -0.15) is 8.78 Å². The van der Waals surface area contributed by atoms with Gasteiger partial charge in [-0.05, 0) is 44.4 Å². The second kappa shape index (κ2) is 9.88. The molecule has 186 valence electrons. The van der Waals surface area contributed by atoms with Crippen LogP contribution in [0.25, 0.3) is 16.8 Å². The molecule has 8 nitrogen and oxygen atoms in total. The molecule has 1 N–H and O–H groups in total. The first-order valence-corrected chi connectivity index (χ1v) is 11.6. The first kappa shape index (κ1) is 23.7. The Morgan fingerprint density at radius 3 is 2.67 bits per heavy atom. The Kier molecular flexibility index (Phi) is 6.49. The van der Waals surface area contributed by atoms with E-state index in [0.717, 1.165) is 46.6 Å². The van der Waals surface area contributed by atoms with Crippen molar-refractivity contribution in [2.24, 2.45) is 5.92 Å². The Morgan fingerprint density at radius 1 is 1.19 bits per heavy atom. The third kappa shape index (κ3) is 5.12. The zero-order valence-electron chi connectivity index (χ0n) is 19.9. The molecule has 0 unspecified atom stereocenters. The molecule has 0 saturated heterocycles. The van der Waals surface area contributed by atoms with Gasteiger partial charge in [-0.15, -0.1) is 0 Å². The van der Waals surface area contributed by atoms with Crippen LogP contribution < -0.4 is 10.1 Å². The number of pyridine rings is 1. The minimum Gasteiger partial charge on any atom is -0.444 e. The standard InChI is InChI=1S/C26H25F2N5O3/c1-15-9-23-32-16(2)21(10-18-5-3-4-6-22(18)36-25(27)28)33(23)13-20(15)19-11-29-26(30-12-19)31-14-35-24(34)17-7-8-17/h3-6,9,11-13,17,25H,7-8,10,14H2,1-2H3,(H,29,30,31). The number of aromatic nitrogens is 4. The highest BCUT2D eigenvalue weighted by atomic mass is 19.3. The zero-order chi connectivity index (χ0) is 25.2. The van der Waals surface area contributed by atoms with Crippen molar-refractivity contribution in [1.29, 1.82) is 0 Å².